The summed E-state index contributed by atoms with van der Waals surface area (Å²) in [6.07, 6.45) is 5.33. The molecule has 0 bridgehead atoms. The van der Waals surface area contributed by atoms with Crippen LogP contribution in [-0.4, -0.2) is 22.2 Å². The predicted molar refractivity (Wildman–Crippen MR) is 72.8 cm³/mol. The molecule has 0 aliphatic carbocycles. The first-order chi connectivity index (χ1) is 9.02. The minimum absolute atomic E-state index is 0.470. The van der Waals surface area contributed by atoms with E-state index in [-0.39, 0.29) is 0 Å². The molecular weight excluding hydrogens is 268 g/mol. The number of carboxylic acid groups (broad SMARTS) is 2. The third-order valence-electron chi connectivity index (χ3n) is 2.13. The van der Waals surface area contributed by atoms with Crippen LogP contribution in [0.2, 0.25) is 0 Å². The average molecular weight is 279 g/mol. The summed E-state index contributed by atoms with van der Waals surface area (Å²) in [5.74, 6) is -2.98. The zero-order valence-electron chi connectivity index (χ0n) is 9.79. The molecule has 0 saturated carbocycles. The van der Waals surface area contributed by atoms with Gasteiger partial charge in [-0.25, -0.2) is 9.59 Å². The number of hydrogen-bond donors (Lipinski definition) is 2. The zero-order chi connectivity index (χ0) is 14.3. The minimum Gasteiger partial charge on any atom is -0.477 e. The summed E-state index contributed by atoms with van der Waals surface area (Å²) >= 11 is 6.00. The molecule has 0 fully saturated rings. The molecule has 0 amide bonds. The first-order valence-corrected chi connectivity index (χ1v) is 5.66. The Bertz CT molecular complexity index is 540. The van der Waals surface area contributed by atoms with Crippen LogP contribution in [0.4, 0.5) is 0 Å². The SMILES string of the molecule is O=C(O)C(=C/C=C/C=C(\Cl)c1ccccc1)C(=O)O. The Hall–Kier alpha value is -2.33. The summed E-state index contributed by atoms with van der Waals surface area (Å²) in [5, 5.41) is 17.7. The summed E-state index contributed by atoms with van der Waals surface area (Å²) in [4.78, 5) is 21.1. The van der Waals surface area contributed by atoms with Crippen molar-refractivity contribution in [3.63, 3.8) is 0 Å². The second kappa shape index (κ2) is 7.18. The molecule has 0 unspecified atom stereocenters. The second-order valence-corrected chi connectivity index (χ2v) is 3.86. The highest BCUT2D eigenvalue weighted by molar-refractivity contribution is 6.48. The van der Waals surface area contributed by atoms with Crippen molar-refractivity contribution in [3.05, 3.63) is 65.8 Å². The molecule has 19 heavy (non-hydrogen) atoms. The molecule has 4 nitrogen and oxygen atoms in total. The van der Waals surface area contributed by atoms with Crippen LogP contribution in [0.15, 0.2) is 60.2 Å². The zero-order valence-corrected chi connectivity index (χ0v) is 10.5. The van der Waals surface area contributed by atoms with Crippen molar-refractivity contribution >= 4 is 28.6 Å². The Morgan fingerprint density at radius 3 is 2.00 bits per heavy atom. The smallest absolute Gasteiger partial charge is 0.343 e. The van der Waals surface area contributed by atoms with Gasteiger partial charge in [0.2, 0.25) is 0 Å². The fraction of sp³-hybridized carbons (Fsp3) is 0. The highest BCUT2D eigenvalue weighted by Gasteiger charge is 2.13. The van der Waals surface area contributed by atoms with E-state index in [1.54, 1.807) is 6.08 Å². The fourth-order valence-electron chi connectivity index (χ4n) is 1.22. The van der Waals surface area contributed by atoms with Crippen molar-refractivity contribution in [3.8, 4) is 0 Å². The van der Waals surface area contributed by atoms with Crippen LogP contribution >= 0.6 is 11.6 Å². The van der Waals surface area contributed by atoms with Gasteiger partial charge in [0.25, 0.3) is 0 Å². The molecule has 0 aliphatic heterocycles. The Balaban J connectivity index is 2.81. The number of halogens is 1. The molecule has 5 heteroatoms. The van der Waals surface area contributed by atoms with Gasteiger partial charge in [0.05, 0.1) is 0 Å². The second-order valence-electron chi connectivity index (χ2n) is 3.46. The normalized spacial score (nSPS) is 11.3. The maximum absolute atomic E-state index is 10.6. The molecule has 1 aromatic rings. The van der Waals surface area contributed by atoms with E-state index in [0.29, 0.717) is 5.03 Å². The predicted octanol–water partition coefficient (Wildman–Crippen LogP) is 2.92. The monoisotopic (exact) mass is 278 g/mol. The number of carbonyl (C=O) groups is 2. The summed E-state index contributed by atoms with van der Waals surface area (Å²) in [5.41, 5.74) is 0.106. The third kappa shape index (κ3) is 4.81. The van der Waals surface area contributed by atoms with Crippen LogP contribution in [0.1, 0.15) is 5.56 Å². The Kier molecular flexibility index (Phi) is 5.57. The molecule has 0 atom stereocenters. The van der Waals surface area contributed by atoms with Gasteiger partial charge in [-0.15, -0.1) is 0 Å². The number of aliphatic carboxylic acids is 2. The minimum atomic E-state index is -1.49. The Morgan fingerprint density at radius 2 is 1.47 bits per heavy atom. The number of hydrogen-bond acceptors (Lipinski definition) is 2. The van der Waals surface area contributed by atoms with E-state index in [9.17, 15) is 9.59 Å². The van der Waals surface area contributed by atoms with E-state index >= 15 is 0 Å². The molecular formula is C14H11ClO4. The number of carboxylic acids is 2. The quantitative estimate of drug-likeness (QED) is 0.376. The molecule has 0 radical (unpaired) electrons. The van der Waals surface area contributed by atoms with E-state index in [4.69, 9.17) is 21.8 Å². The van der Waals surface area contributed by atoms with Crippen molar-refractivity contribution in [1.82, 2.24) is 0 Å². The van der Waals surface area contributed by atoms with Gasteiger partial charge < -0.3 is 10.2 Å². The lowest BCUT2D eigenvalue weighted by Crippen LogP contribution is -2.10. The molecule has 0 aliphatic rings. The lowest BCUT2D eigenvalue weighted by atomic mass is 10.2. The van der Waals surface area contributed by atoms with Gasteiger partial charge in [0, 0.05) is 5.03 Å². The van der Waals surface area contributed by atoms with E-state index in [1.165, 1.54) is 12.2 Å². The molecule has 2 N–H and O–H groups in total. The highest BCUT2D eigenvalue weighted by Crippen LogP contribution is 2.17. The topological polar surface area (TPSA) is 74.6 Å². The van der Waals surface area contributed by atoms with E-state index in [0.717, 1.165) is 11.6 Å². The molecule has 0 saturated heterocycles. The first-order valence-electron chi connectivity index (χ1n) is 5.28. The van der Waals surface area contributed by atoms with Gasteiger partial charge in [-0.2, -0.15) is 0 Å². The van der Waals surface area contributed by atoms with Crippen LogP contribution in [0.25, 0.3) is 5.03 Å². The third-order valence-corrected chi connectivity index (χ3v) is 2.47. The largest absolute Gasteiger partial charge is 0.477 e. The molecule has 1 rings (SSSR count). The van der Waals surface area contributed by atoms with Crippen molar-refractivity contribution in [2.75, 3.05) is 0 Å². The van der Waals surface area contributed by atoms with Gasteiger partial charge in [0.1, 0.15) is 5.57 Å². The van der Waals surface area contributed by atoms with E-state index < -0.39 is 17.5 Å². The maximum atomic E-state index is 10.6. The fourth-order valence-corrected chi connectivity index (χ4v) is 1.42. The molecule has 0 spiro atoms. The summed E-state index contributed by atoms with van der Waals surface area (Å²) in [6.45, 7) is 0. The lowest BCUT2D eigenvalue weighted by molar-refractivity contribution is -0.140. The Labute approximate surface area is 114 Å². The average Bonchev–Trinajstić information content (AvgIpc) is 2.38. The molecule has 98 valence electrons. The van der Waals surface area contributed by atoms with Gasteiger partial charge in [-0.1, -0.05) is 54.1 Å². The molecule has 1 aromatic carbocycles. The van der Waals surface area contributed by atoms with Crippen LogP contribution in [0, 0.1) is 0 Å². The highest BCUT2D eigenvalue weighted by atomic mass is 35.5. The number of benzene rings is 1. The van der Waals surface area contributed by atoms with Gasteiger partial charge >= 0.3 is 11.9 Å². The van der Waals surface area contributed by atoms with Crippen molar-refractivity contribution < 1.29 is 19.8 Å². The van der Waals surface area contributed by atoms with E-state index in [2.05, 4.69) is 0 Å². The van der Waals surface area contributed by atoms with Crippen molar-refractivity contribution in [2.45, 2.75) is 0 Å². The van der Waals surface area contributed by atoms with Crippen LogP contribution in [0.5, 0.6) is 0 Å². The molecule has 0 aromatic heterocycles. The van der Waals surface area contributed by atoms with Gasteiger partial charge in [-0.05, 0) is 17.7 Å². The van der Waals surface area contributed by atoms with Gasteiger partial charge in [-0.3, -0.25) is 0 Å². The van der Waals surface area contributed by atoms with Gasteiger partial charge in [0.15, 0.2) is 0 Å². The van der Waals surface area contributed by atoms with E-state index in [1.807, 2.05) is 30.3 Å². The summed E-state index contributed by atoms with van der Waals surface area (Å²) < 4.78 is 0. The molecule has 0 heterocycles. The van der Waals surface area contributed by atoms with Crippen LogP contribution in [-0.2, 0) is 9.59 Å². The summed E-state index contributed by atoms with van der Waals surface area (Å²) in [6, 6.07) is 9.17. The summed E-state index contributed by atoms with van der Waals surface area (Å²) in [7, 11) is 0. The number of allylic oxidation sites excluding steroid dienone is 4. The van der Waals surface area contributed by atoms with Crippen molar-refractivity contribution in [1.29, 1.82) is 0 Å². The van der Waals surface area contributed by atoms with Crippen LogP contribution < -0.4 is 0 Å². The van der Waals surface area contributed by atoms with Crippen LogP contribution in [0.3, 0.4) is 0 Å². The number of rotatable bonds is 5. The Morgan fingerprint density at radius 1 is 0.947 bits per heavy atom. The van der Waals surface area contributed by atoms with Crippen molar-refractivity contribution in [2.24, 2.45) is 0 Å². The lowest BCUT2D eigenvalue weighted by Gasteiger charge is -1.95. The standard InChI is InChI=1S/C14H11ClO4/c15-12(10-6-2-1-3-7-10)9-5-4-8-11(13(16)17)14(18)19/h1-9H,(H,16,17)(H,18,19)/b5-4+,12-9-. The first kappa shape index (κ1) is 14.7. The maximum Gasteiger partial charge on any atom is 0.343 e.